The van der Waals surface area contributed by atoms with Gasteiger partial charge in [-0.3, -0.25) is 9.27 Å². The van der Waals surface area contributed by atoms with Crippen LogP contribution >= 0.6 is 22.7 Å². The molecule has 0 aliphatic heterocycles. The minimum Gasteiger partial charge on any atom is -0.269 e. The molecule has 4 aromatic rings. The molecule has 0 saturated heterocycles. The minimum atomic E-state index is -4.38. The monoisotopic (exact) mass is 563 g/mol. The van der Waals surface area contributed by atoms with Crippen LogP contribution in [-0.4, -0.2) is 32.1 Å². The van der Waals surface area contributed by atoms with Crippen molar-refractivity contribution in [2.75, 3.05) is 10.5 Å². The van der Waals surface area contributed by atoms with Crippen molar-refractivity contribution < 1.29 is 21.4 Å². The van der Waals surface area contributed by atoms with Crippen LogP contribution < -0.4 is 9.44 Å². The number of nitrogens with zero attached hydrogens (tertiary/aromatic N) is 1. The van der Waals surface area contributed by atoms with Gasteiger partial charge in [0.2, 0.25) is 10.0 Å². The maximum absolute atomic E-state index is 13.0. The smallest absolute Gasteiger partial charge is 0.269 e. The Morgan fingerprint density at radius 2 is 1.64 bits per heavy atom. The molecular formula is C24H25N3O5S4. The average Bonchev–Trinajstić information content (AvgIpc) is 3.52. The second-order valence-electron chi connectivity index (χ2n) is 8.11. The summed E-state index contributed by atoms with van der Waals surface area (Å²) in [6.45, 7) is 0. The molecule has 4 rings (SSSR count). The van der Waals surface area contributed by atoms with Gasteiger partial charge in [-0.1, -0.05) is 48.5 Å². The molecule has 0 amide bonds. The fraction of sp³-hybridized carbons (Fsp3) is 0.208. The molecule has 0 aliphatic carbocycles. The van der Waals surface area contributed by atoms with Crippen LogP contribution in [0.3, 0.4) is 0 Å². The number of hydrogen-bond acceptors (Lipinski definition) is 7. The van der Waals surface area contributed by atoms with Crippen LogP contribution in [-0.2, 0) is 33.2 Å². The fourth-order valence-corrected chi connectivity index (χ4v) is 7.05. The van der Waals surface area contributed by atoms with Crippen molar-refractivity contribution in [1.82, 2.24) is 9.71 Å². The van der Waals surface area contributed by atoms with E-state index < -0.39 is 26.4 Å². The highest BCUT2D eigenvalue weighted by atomic mass is 32.2. The molecule has 0 radical (unpaired) electrons. The standard InChI is InChI=1S/C24H25N3O5S4/c28-35(29,15-5-8-18-6-2-1-3-7-18)27-21(22-17-34-24(25-22)23-9-4-14-33-23)16-19-10-12-20(13-11-19)26-36(30,31)32/h1-4,6-7,9-14,17,21,26-27H,5,8,15-16H2,(H,30,31,32). The SMILES string of the molecule is O=S(=O)(O)Nc1ccc(CC(NS(=O)(=O)CCCc2ccccc2)c2csc(-c3cccs3)n2)cc1. The Morgan fingerprint density at radius 1 is 0.889 bits per heavy atom. The topological polar surface area (TPSA) is 125 Å². The van der Waals surface area contributed by atoms with Gasteiger partial charge < -0.3 is 0 Å². The summed E-state index contributed by atoms with van der Waals surface area (Å²) in [5.74, 6) is -0.0163. The number of hydrogen-bond donors (Lipinski definition) is 3. The highest BCUT2D eigenvalue weighted by Gasteiger charge is 2.23. The normalized spacial score (nSPS) is 12.9. The average molecular weight is 564 g/mol. The number of thiazole rings is 1. The first-order valence-electron chi connectivity index (χ1n) is 11.0. The molecule has 12 heteroatoms. The van der Waals surface area contributed by atoms with Crippen LogP contribution in [0.1, 0.15) is 29.3 Å². The van der Waals surface area contributed by atoms with Crippen LogP contribution in [0.4, 0.5) is 5.69 Å². The molecule has 1 unspecified atom stereocenters. The van der Waals surface area contributed by atoms with Gasteiger partial charge in [0, 0.05) is 5.38 Å². The number of rotatable bonds is 12. The van der Waals surface area contributed by atoms with Gasteiger partial charge in [-0.2, -0.15) is 8.42 Å². The van der Waals surface area contributed by atoms with E-state index in [1.165, 1.54) is 23.5 Å². The molecule has 0 aliphatic rings. The Morgan fingerprint density at radius 3 is 2.31 bits per heavy atom. The van der Waals surface area contributed by atoms with Gasteiger partial charge in [0.15, 0.2) is 0 Å². The maximum Gasteiger partial charge on any atom is 0.357 e. The number of aryl methyl sites for hydroxylation is 1. The Hall–Kier alpha value is -2.61. The van der Waals surface area contributed by atoms with E-state index in [1.807, 2.05) is 57.9 Å². The predicted molar refractivity (Wildman–Crippen MR) is 145 cm³/mol. The van der Waals surface area contributed by atoms with E-state index >= 15 is 0 Å². The molecule has 190 valence electrons. The molecule has 0 bridgehead atoms. The van der Waals surface area contributed by atoms with Crippen molar-refractivity contribution in [2.24, 2.45) is 0 Å². The summed E-state index contributed by atoms with van der Waals surface area (Å²) in [7, 11) is -7.98. The lowest BCUT2D eigenvalue weighted by Gasteiger charge is -2.18. The number of anilines is 1. The predicted octanol–water partition coefficient (Wildman–Crippen LogP) is 4.92. The van der Waals surface area contributed by atoms with Gasteiger partial charge in [0.05, 0.1) is 28.1 Å². The summed E-state index contributed by atoms with van der Waals surface area (Å²) in [4.78, 5) is 5.72. The molecule has 1 atom stereocenters. The number of aromatic nitrogens is 1. The fourth-order valence-electron chi connectivity index (χ4n) is 3.65. The Kier molecular flexibility index (Phi) is 8.54. The highest BCUT2D eigenvalue weighted by Crippen LogP contribution is 2.31. The number of sulfonamides is 1. The van der Waals surface area contributed by atoms with Crippen molar-refractivity contribution in [3.63, 3.8) is 0 Å². The summed E-state index contributed by atoms with van der Waals surface area (Å²) in [5, 5.41) is 4.65. The van der Waals surface area contributed by atoms with Gasteiger partial charge in [-0.05, 0) is 54.0 Å². The Labute approximate surface area is 219 Å². The second kappa shape index (κ2) is 11.6. The number of thiophene rings is 1. The summed E-state index contributed by atoms with van der Waals surface area (Å²) >= 11 is 3.02. The lowest BCUT2D eigenvalue weighted by molar-refractivity contribution is 0.489. The second-order valence-corrected chi connectivity index (χ2v) is 12.9. The Bertz CT molecular complexity index is 1470. The Balaban J connectivity index is 1.50. The molecular weight excluding hydrogens is 539 g/mol. The van der Waals surface area contributed by atoms with Crippen molar-refractivity contribution in [1.29, 1.82) is 0 Å². The van der Waals surface area contributed by atoms with Crippen LogP contribution in [0.25, 0.3) is 9.88 Å². The zero-order valence-corrected chi connectivity index (χ0v) is 22.3. The van der Waals surface area contributed by atoms with Crippen LogP contribution in [0.5, 0.6) is 0 Å². The first kappa shape index (κ1) is 26.5. The van der Waals surface area contributed by atoms with E-state index in [4.69, 9.17) is 9.54 Å². The lowest BCUT2D eigenvalue weighted by Crippen LogP contribution is -2.32. The van der Waals surface area contributed by atoms with Crippen LogP contribution in [0, 0.1) is 0 Å². The van der Waals surface area contributed by atoms with E-state index in [-0.39, 0.29) is 11.4 Å². The molecule has 2 heterocycles. The van der Waals surface area contributed by atoms with Crippen molar-refractivity contribution in [2.45, 2.75) is 25.3 Å². The van der Waals surface area contributed by atoms with Gasteiger partial charge in [-0.25, -0.2) is 18.1 Å². The van der Waals surface area contributed by atoms with Crippen LogP contribution in [0.15, 0.2) is 77.5 Å². The molecule has 0 saturated carbocycles. The zero-order valence-electron chi connectivity index (χ0n) is 19.1. The van der Waals surface area contributed by atoms with Gasteiger partial charge >= 0.3 is 10.3 Å². The summed E-state index contributed by atoms with van der Waals surface area (Å²) < 4.78 is 61.9. The molecule has 3 N–H and O–H groups in total. The molecule has 2 aromatic carbocycles. The summed E-state index contributed by atoms with van der Waals surface area (Å²) in [5.41, 5.74) is 2.68. The zero-order chi connectivity index (χ0) is 25.6. The minimum absolute atomic E-state index is 0.0163. The lowest BCUT2D eigenvalue weighted by atomic mass is 10.0. The summed E-state index contributed by atoms with van der Waals surface area (Å²) in [6.07, 6.45) is 1.46. The number of nitrogens with one attached hydrogen (secondary N) is 2. The summed E-state index contributed by atoms with van der Waals surface area (Å²) in [6, 6.07) is 19.4. The van der Waals surface area contributed by atoms with E-state index in [2.05, 4.69) is 4.72 Å². The number of benzene rings is 2. The molecule has 36 heavy (non-hydrogen) atoms. The largest absolute Gasteiger partial charge is 0.357 e. The third kappa shape index (κ3) is 7.95. The van der Waals surface area contributed by atoms with Crippen molar-refractivity contribution in [3.8, 4) is 9.88 Å². The van der Waals surface area contributed by atoms with E-state index in [0.717, 1.165) is 21.0 Å². The third-order valence-electron chi connectivity index (χ3n) is 5.29. The van der Waals surface area contributed by atoms with E-state index in [1.54, 1.807) is 23.5 Å². The highest BCUT2D eigenvalue weighted by molar-refractivity contribution is 7.89. The van der Waals surface area contributed by atoms with Crippen LogP contribution in [0.2, 0.25) is 0 Å². The van der Waals surface area contributed by atoms with Crippen molar-refractivity contribution >= 4 is 48.7 Å². The van der Waals surface area contributed by atoms with E-state index in [0.29, 0.717) is 25.0 Å². The van der Waals surface area contributed by atoms with Crippen molar-refractivity contribution in [3.05, 3.63) is 94.3 Å². The quantitative estimate of drug-likeness (QED) is 0.210. The first-order valence-corrected chi connectivity index (χ1v) is 15.9. The first-order chi connectivity index (χ1) is 17.2. The molecule has 0 spiro atoms. The molecule has 0 fully saturated rings. The van der Waals surface area contributed by atoms with E-state index in [9.17, 15) is 16.8 Å². The molecule has 2 aromatic heterocycles. The van der Waals surface area contributed by atoms with Gasteiger partial charge in [0.1, 0.15) is 5.01 Å². The maximum atomic E-state index is 13.0. The molecule has 8 nitrogen and oxygen atoms in total. The van der Waals surface area contributed by atoms with Gasteiger partial charge in [0.25, 0.3) is 0 Å². The van der Waals surface area contributed by atoms with Gasteiger partial charge in [-0.15, -0.1) is 22.7 Å². The third-order valence-corrected chi connectivity index (χ3v) is 9.16.